The Labute approximate surface area is 128 Å². The third-order valence-electron chi connectivity index (χ3n) is 3.44. The van der Waals surface area contributed by atoms with E-state index in [1.54, 1.807) is 6.92 Å². The Hall–Kier alpha value is -1.15. The van der Waals surface area contributed by atoms with Gasteiger partial charge in [0.25, 0.3) is 5.91 Å². The van der Waals surface area contributed by atoms with Crippen LogP contribution in [0.4, 0.5) is 0 Å². The topological polar surface area (TPSA) is 98.5 Å². The molecule has 1 atom stereocenters. The number of nitrogens with one attached hydrogen (secondary N) is 1. The first-order chi connectivity index (χ1) is 9.79. The van der Waals surface area contributed by atoms with Gasteiger partial charge in [0, 0.05) is 29.7 Å². The van der Waals surface area contributed by atoms with Gasteiger partial charge in [0.15, 0.2) is 0 Å². The van der Waals surface area contributed by atoms with Crippen molar-refractivity contribution < 1.29 is 17.9 Å². The van der Waals surface area contributed by atoms with Crippen LogP contribution in [0, 0.1) is 12.8 Å². The van der Waals surface area contributed by atoms with Crippen molar-refractivity contribution in [3.05, 3.63) is 28.3 Å². The van der Waals surface area contributed by atoms with Crippen molar-refractivity contribution in [2.24, 2.45) is 11.1 Å². The number of amides is 1. The number of rotatable bonds is 4. The minimum Gasteiger partial charge on any atom is -0.381 e. The van der Waals surface area contributed by atoms with Gasteiger partial charge < -0.3 is 10.1 Å². The molecule has 0 radical (unpaired) electrons. The molecule has 21 heavy (non-hydrogen) atoms. The third-order valence-corrected chi connectivity index (χ3v) is 4.87. The van der Waals surface area contributed by atoms with Crippen molar-refractivity contribution in [3.8, 4) is 0 Å². The highest BCUT2D eigenvalue weighted by Gasteiger charge is 2.20. The van der Waals surface area contributed by atoms with Gasteiger partial charge in [-0.2, -0.15) is 0 Å². The van der Waals surface area contributed by atoms with E-state index in [0.717, 1.165) is 6.42 Å². The lowest BCUT2D eigenvalue weighted by Gasteiger charge is -2.12. The van der Waals surface area contributed by atoms with E-state index < -0.39 is 10.0 Å². The van der Waals surface area contributed by atoms with E-state index >= 15 is 0 Å². The molecule has 0 saturated carbocycles. The zero-order valence-electron chi connectivity index (χ0n) is 11.6. The molecule has 1 fully saturated rings. The van der Waals surface area contributed by atoms with Crippen molar-refractivity contribution >= 4 is 27.5 Å². The van der Waals surface area contributed by atoms with Crippen LogP contribution in [0.3, 0.4) is 0 Å². The first kappa shape index (κ1) is 16.2. The molecule has 1 heterocycles. The summed E-state index contributed by atoms with van der Waals surface area (Å²) in [6.45, 7) is 3.35. The molecule has 1 aliphatic rings. The molecule has 0 aliphatic carbocycles. The molecule has 1 aromatic rings. The number of primary sulfonamides is 1. The van der Waals surface area contributed by atoms with Crippen LogP contribution in [0.5, 0.6) is 0 Å². The summed E-state index contributed by atoms with van der Waals surface area (Å²) in [7, 11) is -3.93. The molecule has 0 aromatic heterocycles. The Bertz CT molecular complexity index is 654. The van der Waals surface area contributed by atoms with E-state index in [-0.39, 0.29) is 27.3 Å². The van der Waals surface area contributed by atoms with Gasteiger partial charge in [-0.3, -0.25) is 4.79 Å². The number of halogens is 1. The third kappa shape index (κ3) is 3.94. The zero-order chi connectivity index (χ0) is 15.6. The predicted molar refractivity (Wildman–Crippen MR) is 78.8 cm³/mol. The maximum Gasteiger partial charge on any atom is 0.251 e. The second kappa shape index (κ2) is 6.31. The number of ether oxygens (including phenoxy) is 1. The number of sulfonamides is 1. The fourth-order valence-corrected chi connectivity index (χ4v) is 3.27. The molecule has 116 valence electrons. The zero-order valence-corrected chi connectivity index (χ0v) is 13.1. The van der Waals surface area contributed by atoms with Gasteiger partial charge in [0.05, 0.1) is 11.5 Å². The molecule has 1 amide bonds. The first-order valence-electron chi connectivity index (χ1n) is 6.48. The number of nitrogens with two attached hydrogens (primary N) is 1. The van der Waals surface area contributed by atoms with Gasteiger partial charge in [-0.25, -0.2) is 13.6 Å². The number of hydrogen-bond donors (Lipinski definition) is 2. The maximum atomic E-state index is 12.1. The lowest BCUT2D eigenvalue weighted by atomic mass is 10.1. The number of benzene rings is 1. The van der Waals surface area contributed by atoms with Gasteiger partial charge in [-0.15, -0.1) is 0 Å². The summed E-state index contributed by atoms with van der Waals surface area (Å²) in [4.78, 5) is 12.0. The number of carbonyl (C=O) groups excluding carboxylic acids is 1. The second-order valence-corrected chi connectivity index (χ2v) is 7.00. The van der Waals surface area contributed by atoms with Crippen molar-refractivity contribution in [2.45, 2.75) is 18.2 Å². The average Bonchev–Trinajstić information content (AvgIpc) is 2.90. The largest absolute Gasteiger partial charge is 0.381 e. The maximum absolute atomic E-state index is 12.1. The van der Waals surface area contributed by atoms with E-state index in [9.17, 15) is 13.2 Å². The van der Waals surface area contributed by atoms with Crippen LogP contribution < -0.4 is 10.5 Å². The lowest BCUT2D eigenvalue weighted by Crippen LogP contribution is -2.29. The van der Waals surface area contributed by atoms with E-state index in [0.29, 0.717) is 25.3 Å². The van der Waals surface area contributed by atoms with E-state index in [4.69, 9.17) is 21.5 Å². The molecule has 0 bridgehead atoms. The summed E-state index contributed by atoms with van der Waals surface area (Å²) in [5.74, 6) is -0.0960. The summed E-state index contributed by atoms with van der Waals surface area (Å²) in [5, 5.41) is 8.08. The molecule has 1 saturated heterocycles. The Morgan fingerprint density at radius 2 is 2.24 bits per heavy atom. The summed E-state index contributed by atoms with van der Waals surface area (Å²) in [5.41, 5.74) is 0.508. The van der Waals surface area contributed by atoms with Gasteiger partial charge in [-0.05, 0) is 31.0 Å². The molecule has 0 spiro atoms. The van der Waals surface area contributed by atoms with Gasteiger partial charge in [-0.1, -0.05) is 11.6 Å². The van der Waals surface area contributed by atoms with Crippen LogP contribution in [-0.2, 0) is 14.8 Å². The van der Waals surface area contributed by atoms with Crippen LogP contribution in [0.25, 0.3) is 0 Å². The predicted octanol–water partition coefficient (Wildman–Crippen LogP) is 1.06. The van der Waals surface area contributed by atoms with Gasteiger partial charge >= 0.3 is 0 Å². The molecular weight excluding hydrogens is 316 g/mol. The molecule has 8 heteroatoms. The summed E-state index contributed by atoms with van der Waals surface area (Å²) < 4.78 is 28.3. The smallest absolute Gasteiger partial charge is 0.251 e. The SMILES string of the molecule is Cc1c(Cl)cc(C(=O)NCC2CCOC2)cc1S(N)(=O)=O. The molecular formula is C13H17ClN2O4S. The van der Waals surface area contributed by atoms with Crippen LogP contribution in [0.1, 0.15) is 22.3 Å². The summed E-state index contributed by atoms with van der Waals surface area (Å²) in [6, 6.07) is 2.68. The minimum absolute atomic E-state index is 0.135. The quantitative estimate of drug-likeness (QED) is 0.861. The van der Waals surface area contributed by atoms with Crippen LogP contribution in [0.2, 0.25) is 5.02 Å². The summed E-state index contributed by atoms with van der Waals surface area (Å²) >= 11 is 5.98. The number of hydrogen-bond acceptors (Lipinski definition) is 4. The normalized spacial score (nSPS) is 18.7. The molecule has 1 unspecified atom stereocenters. The summed E-state index contributed by atoms with van der Waals surface area (Å²) in [6.07, 6.45) is 0.900. The lowest BCUT2D eigenvalue weighted by molar-refractivity contribution is 0.0945. The molecule has 1 aliphatic heterocycles. The highest BCUT2D eigenvalue weighted by Crippen LogP contribution is 2.24. The Kier molecular flexibility index (Phi) is 4.88. The highest BCUT2D eigenvalue weighted by atomic mass is 35.5. The van der Waals surface area contributed by atoms with Crippen molar-refractivity contribution in [2.75, 3.05) is 19.8 Å². The minimum atomic E-state index is -3.93. The van der Waals surface area contributed by atoms with Crippen LogP contribution in [0.15, 0.2) is 17.0 Å². The Morgan fingerprint density at radius 1 is 1.52 bits per heavy atom. The molecule has 3 N–H and O–H groups in total. The van der Waals surface area contributed by atoms with Gasteiger partial charge in [0.1, 0.15) is 0 Å². The molecule has 6 nitrogen and oxygen atoms in total. The van der Waals surface area contributed by atoms with E-state index in [2.05, 4.69) is 5.32 Å². The van der Waals surface area contributed by atoms with Crippen molar-refractivity contribution in [1.29, 1.82) is 0 Å². The monoisotopic (exact) mass is 332 g/mol. The second-order valence-electron chi connectivity index (χ2n) is 5.07. The molecule has 2 rings (SSSR count). The van der Waals surface area contributed by atoms with E-state index in [1.165, 1.54) is 12.1 Å². The van der Waals surface area contributed by atoms with Crippen LogP contribution in [-0.4, -0.2) is 34.1 Å². The average molecular weight is 333 g/mol. The molecule has 1 aromatic carbocycles. The van der Waals surface area contributed by atoms with Crippen molar-refractivity contribution in [1.82, 2.24) is 5.32 Å². The number of carbonyl (C=O) groups is 1. The van der Waals surface area contributed by atoms with E-state index in [1.807, 2.05) is 0 Å². The van der Waals surface area contributed by atoms with Crippen LogP contribution >= 0.6 is 11.6 Å². The van der Waals surface area contributed by atoms with Crippen molar-refractivity contribution in [3.63, 3.8) is 0 Å². The first-order valence-corrected chi connectivity index (χ1v) is 8.40. The van der Waals surface area contributed by atoms with Gasteiger partial charge in [0.2, 0.25) is 10.0 Å². The fraction of sp³-hybridized carbons (Fsp3) is 0.462. The Balaban J connectivity index is 2.19. The highest BCUT2D eigenvalue weighted by molar-refractivity contribution is 7.89. The fourth-order valence-electron chi connectivity index (χ4n) is 2.16. The standard InChI is InChI=1S/C13H17ClN2O4S/c1-8-11(14)4-10(5-12(8)21(15,18)19)13(17)16-6-9-2-3-20-7-9/h4-5,9H,2-3,6-7H2,1H3,(H,16,17)(H2,15,18,19). The Morgan fingerprint density at radius 3 is 2.81 bits per heavy atom.